The van der Waals surface area contributed by atoms with Gasteiger partial charge in [0.2, 0.25) is 0 Å². The van der Waals surface area contributed by atoms with Crippen molar-refractivity contribution in [2.24, 2.45) is 12.9 Å². The van der Waals surface area contributed by atoms with Crippen LogP contribution in [0, 0.1) is 0 Å². The van der Waals surface area contributed by atoms with E-state index in [1.807, 2.05) is 37.6 Å². The van der Waals surface area contributed by atoms with E-state index in [2.05, 4.69) is 10.5 Å². The number of hydrazine groups is 1. The summed E-state index contributed by atoms with van der Waals surface area (Å²) in [6.45, 7) is 1.18. The highest BCUT2D eigenvalue weighted by molar-refractivity contribution is 5.44. The first-order valence-electron chi connectivity index (χ1n) is 6.59. The second kappa shape index (κ2) is 5.52. The standard InChI is InChI=1S/C14H18N4O2/c1-18-9-10(8-16-18)6-12(17-15)11-2-3-13-14(7-11)20-5-4-19-13/h2-3,7-9,12,17H,4-6,15H2,1H3. The molecule has 2 aromatic rings. The van der Waals surface area contributed by atoms with Crippen LogP contribution in [0.2, 0.25) is 0 Å². The summed E-state index contributed by atoms with van der Waals surface area (Å²) in [7, 11) is 1.90. The van der Waals surface area contributed by atoms with Crippen LogP contribution in [-0.2, 0) is 13.5 Å². The smallest absolute Gasteiger partial charge is 0.161 e. The fourth-order valence-electron chi connectivity index (χ4n) is 2.36. The van der Waals surface area contributed by atoms with Gasteiger partial charge < -0.3 is 9.47 Å². The normalized spacial score (nSPS) is 15.1. The van der Waals surface area contributed by atoms with E-state index in [9.17, 15) is 0 Å². The molecular weight excluding hydrogens is 256 g/mol. The summed E-state index contributed by atoms with van der Waals surface area (Å²) in [5.74, 6) is 7.25. The zero-order valence-electron chi connectivity index (χ0n) is 11.4. The van der Waals surface area contributed by atoms with Crippen molar-refractivity contribution < 1.29 is 9.47 Å². The van der Waals surface area contributed by atoms with Gasteiger partial charge in [-0.15, -0.1) is 0 Å². The summed E-state index contributed by atoms with van der Waals surface area (Å²) >= 11 is 0. The van der Waals surface area contributed by atoms with Crippen LogP contribution < -0.4 is 20.7 Å². The van der Waals surface area contributed by atoms with Crippen LogP contribution >= 0.6 is 0 Å². The van der Waals surface area contributed by atoms with Gasteiger partial charge in [-0.05, 0) is 29.7 Å². The van der Waals surface area contributed by atoms with Crippen LogP contribution in [0.1, 0.15) is 17.2 Å². The number of aromatic nitrogens is 2. The van der Waals surface area contributed by atoms with Crippen molar-refractivity contribution in [2.45, 2.75) is 12.5 Å². The van der Waals surface area contributed by atoms with E-state index < -0.39 is 0 Å². The summed E-state index contributed by atoms with van der Waals surface area (Å²) in [6, 6.07) is 5.93. The molecule has 0 spiro atoms. The van der Waals surface area contributed by atoms with Crippen molar-refractivity contribution >= 4 is 0 Å². The molecule has 1 aliphatic rings. The van der Waals surface area contributed by atoms with Gasteiger partial charge in [0.25, 0.3) is 0 Å². The van der Waals surface area contributed by atoms with Crippen LogP contribution in [-0.4, -0.2) is 23.0 Å². The Kier molecular flexibility index (Phi) is 3.58. The lowest BCUT2D eigenvalue weighted by Crippen LogP contribution is -2.29. The summed E-state index contributed by atoms with van der Waals surface area (Å²) in [6.07, 6.45) is 4.61. The molecule has 0 amide bonds. The number of rotatable bonds is 4. The van der Waals surface area contributed by atoms with E-state index in [-0.39, 0.29) is 6.04 Å². The Labute approximate surface area is 117 Å². The Hall–Kier alpha value is -2.05. The fraction of sp³-hybridized carbons (Fsp3) is 0.357. The number of benzene rings is 1. The van der Waals surface area contributed by atoms with Gasteiger partial charge in [-0.2, -0.15) is 5.10 Å². The molecule has 1 atom stereocenters. The first-order chi connectivity index (χ1) is 9.76. The largest absolute Gasteiger partial charge is 0.486 e. The molecule has 6 heteroatoms. The molecule has 2 heterocycles. The molecule has 0 bridgehead atoms. The third-order valence-electron chi connectivity index (χ3n) is 3.37. The monoisotopic (exact) mass is 274 g/mol. The minimum absolute atomic E-state index is 0.00928. The van der Waals surface area contributed by atoms with Crippen LogP contribution in [0.5, 0.6) is 11.5 Å². The topological polar surface area (TPSA) is 74.3 Å². The van der Waals surface area contributed by atoms with Crippen LogP contribution in [0.15, 0.2) is 30.6 Å². The summed E-state index contributed by atoms with van der Waals surface area (Å²) in [4.78, 5) is 0. The molecule has 0 fully saturated rings. The zero-order valence-corrected chi connectivity index (χ0v) is 11.4. The predicted molar refractivity (Wildman–Crippen MR) is 74.4 cm³/mol. The Morgan fingerprint density at radius 3 is 2.85 bits per heavy atom. The van der Waals surface area contributed by atoms with Gasteiger partial charge >= 0.3 is 0 Å². The summed E-state index contributed by atoms with van der Waals surface area (Å²) < 4.78 is 12.9. The lowest BCUT2D eigenvalue weighted by molar-refractivity contribution is 0.171. The van der Waals surface area contributed by atoms with Crippen molar-refractivity contribution in [3.05, 3.63) is 41.7 Å². The zero-order chi connectivity index (χ0) is 13.9. The molecule has 20 heavy (non-hydrogen) atoms. The van der Waals surface area contributed by atoms with E-state index in [1.165, 1.54) is 0 Å². The average molecular weight is 274 g/mol. The maximum Gasteiger partial charge on any atom is 0.161 e. The highest BCUT2D eigenvalue weighted by Gasteiger charge is 2.17. The van der Waals surface area contributed by atoms with Crippen molar-refractivity contribution in [1.82, 2.24) is 15.2 Å². The molecule has 1 aromatic heterocycles. The molecule has 0 radical (unpaired) electrons. The molecule has 0 aliphatic carbocycles. The highest BCUT2D eigenvalue weighted by atomic mass is 16.6. The minimum atomic E-state index is 0.00928. The molecule has 0 saturated heterocycles. The number of nitrogens with two attached hydrogens (primary N) is 1. The van der Waals surface area contributed by atoms with Crippen LogP contribution in [0.4, 0.5) is 0 Å². The third kappa shape index (κ3) is 2.61. The lowest BCUT2D eigenvalue weighted by Gasteiger charge is -2.21. The number of nitrogens with one attached hydrogen (secondary N) is 1. The van der Waals surface area contributed by atoms with Gasteiger partial charge in [0.1, 0.15) is 13.2 Å². The highest BCUT2D eigenvalue weighted by Crippen LogP contribution is 2.33. The molecule has 0 saturated carbocycles. The van der Waals surface area contributed by atoms with E-state index in [4.69, 9.17) is 15.3 Å². The maximum atomic E-state index is 5.69. The first kappa shape index (κ1) is 13.0. The number of fused-ring (bicyclic) bond motifs is 1. The third-order valence-corrected chi connectivity index (χ3v) is 3.37. The number of hydrogen-bond donors (Lipinski definition) is 2. The molecule has 3 rings (SSSR count). The Balaban J connectivity index is 1.81. The van der Waals surface area contributed by atoms with Crippen LogP contribution in [0.25, 0.3) is 0 Å². The quantitative estimate of drug-likeness (QED) is 0.641. The SMILES string of the molecule is Cn1cc(CC(NN)c2ccc3c(c2)OCCO3)cn1. The number of aryl methyl sites for hydroxylation is 1. The van der Waals surface area contributed by atoms with Gasteiger partial charge in [-0.25, -0.2) is 0 Å². The van der Waals surface area contributed by atoms with E-state index in [0.717, 1.165) is 29.0 Å². The molecule has 1 aromatic carbocycles. The molecule has 106 valence electrons. The predicted octanol–water partition coefficient (Wildman–Crippen LogP) is 0.938. The Morgan fingerprint density at radius 1 is 1.35 bits per heavy atom. The fourth-order valence-corrected chi connectivity index (χ4v) is 2.36. The second-order valence-corrected chi connectivity index (χ2v) is 4.85. The molecule has 1 aliphatic heterocycles. The summed E-state index contributed by atoms with van der Waals surface area (Å²) in [5.41, 5.74) is 5.05. The van der Waals surface area contributed by atoms with Crippen LogP contribution in [0.3, 0.4) is 0 Å². The maximum absolute atomic E-state index is 5.69. The van der Waals surface area contributed by atoms with E-state index >= 15 is 0 Å². The Morgan fingerprint density at radius 2 is 2.15 bits per heavy atom. The molecule has 3 N–H and O–H groups in total. The average Bonchev–Trinajstić information content (AvgIpc) is 2.89. The van der Waals surface area contributed by atoms with Gasteiger partial charge in [-0.3, -0.25) is 16.0 Å². The van der Waals surface area contributed by atoms with Crippen molar-refractivity contribution in [1.29, 1.82) is 0 Å². The first-order valence-corrected chi connectivity index (χ1v) is 6.59. The van der Waals surface area contributed by atoms with Gasteiger partial charge in [-0.1, -0.05) is 6.07 Å². The number of ether oxygens (including phenoxy) is 2. The van der Waals surface area contributed by atoms with Gasteiger partial charge in [0, 0.05) is 13.2 Å². The lowest BCUT2D eigenvalue weighted by atomic mass is 10.0. The molecule has 1 unspecified atom stereocenters. The molecule has 6 nitrogen and oxygen atoms in total. The van der Waals surface area contributed by atoms with Crippen molar-refractivity contribution in [3.63, 3.8) is 0 Å². The second-order valence-electron chi connectivity index (χ2n) is 4.85. The van der Waals surface area contributed by atoms with Gasteiger partial charge in [0.05, 0.1) is 12.2 Å². The van der Waals surface area contributed by atoms with E-state index in [0.29, 0.717) is 13.2 Å². The number of hydrogen-bond acceptors (Lipinski definition) is 5. The van der Waals surface area contributed by atoms with Gasteiger partial charge in [0.15, 0.2) is 11.5 Å². The van der Waals surface area contributed by atoms with Crippen molar-refractivity contribution in [2.75, 3.05) is 13.2 Å². The minimum Gasteiger partial charge on any atom is -0.486 e. The number of nitrogens with zero attached hydrogens (tertiary/aromatic N) is 2. The Bertz CT molecular complexity index is 597. The molecular formula is C14H18N4O2. The van der Waals surface area contributed by atoms with Crippen molar-refractivity contribution in [3.8, 4) is 11.5 Å². The summed E-state index contributed by atoms with van der Waals surface area (Å²) in [5, 5.41) is 4.17. The van der Waals surface area contributed by atoms with E-state index in [1.54, 1.807) is 4.68 Å².